The maximum atomic E-state index is 13.9. The highest BCUT2D eigenvalue weighted by molar-refractivity contribution is 5.81. The average molecular weight is 534 g/mol. The molecule has 0 amide bonds. The number of piperidine rings is 1. The van der Waals surface area contributed by atoms with Crippen molar-refractivity contribution in [3.63, 3.8) is 0 Å². The first kappa shape index (κ1) is 24.7. The standard InChI is InChI=1S/C33H29F2N5/c34-27-6-3-5-23(18-27)22-39-32-10-2-1-9-30(32)37-33(39)25-13-15-38(16-14-25)21-24-11-12-31-26(17-24)20-36-40(31)29-8-4-7-28(35)19-29/h1-12,17-20,25H,13-16,21-22H2. The van der Waals surface area contributed by atoms with Crippen LogP contribution in [0, 0.1) is 11.6 Å². The largest absolute Gasteiger partial charge is 0.323 e. The summed E-state index contributed by atoms with van der Waals surface area (Å²) in [5, 5.41) is 5.55. The van der Waals surface area contributed by atoms with E-state index in [4.69, 9.17) is 4.98 Å². The quantitative estimate of drug-likeness (QED) is 0.230. The Bertz CT molecular complexity index is 1810. The fraction of sp³-hybridized carbons (Fsp3) is 0.212. The van der Waals surface area contributed by atoms with Gasteiger partial charge in [-0.25, -0.2) is 18.4 Å². The monoisotopic (exact) mass is 533 g/mol. The van der Waals surface area contributed by atoms with Crippen LogP contribution in [0.4, 0.5) is 8.78 Å². The Balaban J connectivity index is 1.07. The van der Waals surface area contributed by atoms with Crippen molar-refractivity contribution in [1.82, 2.24) is 24.2 Å². The number of likely N-dealkylation sites (tertiary alicyclic amines) is 1. The van der Waals surface area contributed by atoms with Crippen molar-refractivity contribution in [2.45, 2.75) is 31.8 Å². The van der Waals surface area contributed by atoms with Crippen molar-refractivity contribution < 1.29 is 8.78 Å². The minimum atomic E-state index is -0.272. The zero-order valence-corrected chi connectivity index (χ0v) is 22.0. The van der Waals surface area contributed by atoms with Gasteiger partial charge in [0.2, 0.25) is 0 Å². The van der Waals surface area contributed by atoms with E-state index in [-0.39, 0.29) is 11.6 Å². The maximum absolute atomic E-state index is 13.9. The maximum Gasteiger partial charge on any atom is 0.125 e. The fourth-order valence-corrected chi connectivity index (χ4v) is 5.99. The van der Waals surface area contributed by atoms with E-state index in [0.29, 0.717) is 18.2 Å². The van der Waals surface area contributed by atoms with Crippen LogP contribution >= 0.6 is 0 Å². The van der Waals surface area contributed by atoms with Gasteiger partial charge in [0.05, 0.1) is 28.4 Å². The molecule has 0 aliphatic carbocycles. The van der Waals surface area contributed by atoms with Crippen molar-refractivity contribution in [2.75, 3.05) is 13.1 Å². The topological polar surface area (TPSA) is 38.9 Å². The second-order valence-electron chi connectivity index (χ2n) is 10.7. The average Bonchev–Trinajstić information content (AvgIpc) is 3.55. The van der Waals surface area contributed by atoms with Gasteiger partial charge in [-0.05, 0) is 91.7 Å². The number of imidazole rings is 1. The van der Waals surface area contributed by atoms with Crippen molar-refractivity contribution in [3.05, 3.63) is 126 Å². The molecule has 4 aromatic carbocycles. The Hall–Kier alpha value is -4.36. The molecule has 0 atom stereocenters. The first-order valence-electron chi connectivity index (χ1n) is 13.8. The molecule has 3 heterocycles. The van der Waals surface area contributed by atoms with Crippen LogP contribution in [0.15, 0.2) is 97.2 Å². The molecule has 1 aliphatic heterocycles. The predicted octanol–water partition coefficient (Wildman–Crippen LogP) is 7.08. The van der Waals surface area contributed by atoms with Gasteiger partial charge in [0, 0.05) is 24.4 Å². The molecule has 200 valence electrons. The van der Waals surface area contributed by atoms with Crippen LogP contribution in [0.5, 0.6) is 0 Å². The zero-order valence-electron chi connectivity index (χ0n) is 22.0. The summed E-state index contributed by atoms with van der Waals surface area (Å²) in [5.74, 6) is 0.961. The van der Waals surface area contributed by atoms with E-state index in [1.54, 1.807) is 22.9 Å². The third-order valence-electron chi connectivity index (χ3n) is 7.96. The number of aromatic nitrogens is 4. The smallest absolute Gasteiger partial charge is 0.125 e. The molecule has 1 saturated heterocycles. The van der Waals surface area contributed by atoms with Crippen molar-refractivity contribution in [3.8, 4) is 5.69 Å². The molecule has 1 aliphatic rings. The second-order valence-corrected chi connectivity index (χ2v) is 10.7. The molecule has 5 nitrogen and oxygen atoms in total. The van der Waals surface area contributed by atoms with E-state index in [2.05, 4.69) is 44.9 Å². The molecule has 6 aromatic rings. The highest BCUT2D eigenvalue weighted by atomic mass is 19.1. The normalized spacial score (nSPS) is 14.8. The SMILES string of the molecule is Fc1cccc(Cn2c(C3CCN(Cc4ccc5c(cnn5-c5cccc(F)c5)c4)CC3)nc3ccccc32)c1. The summed E-state index contributed by atoms with van der Waals surface area (Å²) in [6, 6.07) is 28.0. The van der Waals surface area contributed by atoms with Gasteiger partial charge < -0.3 is 4.57 Å². The van der Waals surface area contributed by atoms with Crippen LogP contribution in [-0.4, -0.2) is 37.3 Å². The Kier molecular flexibility index (Phi) is 6.36. The number of nitrogens with zero attached hydrogens (tertiary/aromatic N) is 5. The van der Waals surface area contributed by atoms with Gasteiger partial charge >= 0.3 is 0 Å². The Labute approximate surface area is 231 Å². The van der Waals surface area contributed by atoms with Gasteiger partial charge in [0.1, 0.15) is 17.5 Å². The van der Waals surface area contributed by atoms with Gasteiger partial charge in [-0.15, -0.1) is 0 Å². The van der Waals surface area contributed by atoms with Crippen molar-refractivity contribution in [1.29, 1.82) is 0 Å². The minimum absolute atomic E-state index is 0.212. The number of para-hydroxylation sites is 2. The van der Waals surface area contributed by atoms with Crippen LogP contribution in [0.1, 0.15) is 35.7 Å². The molecule has 0 radical (unpaired) electrons. The lowest BCUT2D eigenvalue weighted by Crippen LogP contribution is -2.33. The van der Waals surface area contributed by atoms with Gasteiger partial charge in [0.15, 0.2) is 0 Å². The van der Waals surface area contributed by atoms with Crippen LogP contribution in [0.2, 0.25) is 0 Å². The highest BCUT2D eigenvalue weighted by Crippen LogP contribution is 2.32. The molecule has 0 bridgehead atoms. The van der Waals surface area contributed by atoms with Crippen LogP contribution in [-0.2, 0) is 13.1 Å². The number of benzene rings is 4. The molecule has 0 spiro atoms. The van der Waals surface area contributed by atoms with E-state index in [1.807, 2.05) is 30.5 Å². The molecular formula is C33H29F2N5. The molecule has 1 fully saturated rings. The number of fused-ring (bicyclic) bond motifs is 2. The zero-order chi connectivity index (χ0) is 27.1. The summed E-state index contributed by atoms with van der Waals surface area (Å²) in [4.78, 5) is 7.54. The summed E-state index contributed by atoms with van der Waals surface area (Å²) in [5.41, 5.74) is 5.94. The lowest BCUT2D eigenvalue weighted by atomic mass is 9.95. The first-order valence-corrected chi connectivity index (χ1v) is 13.8. The molecule has 0 N–H and O–H groups in total. The lowest BCUT2D eigenvalue weighted by molar-refractivity contribution is 0.200. The third-order valence-corrected chi connectivity index (χ3v) is 7.96. The van der Waals surface area contributed by atoms with E-state index in [1.165, 1.54) is 23.8 Å². The Morgan fingerprint density at radius 2 is 1.50 bits per heavy atom. The van der Waals surface area contributed by atoms with E-state index in [9.17, 15) is 8.78 Å². The summed E-state index contributed by atoms with van der Waals surface area (Å²) in [7, 11) is 0. The number of halogens is 2. The third kappa shape index (κ3) is 4.77. The minimum Gasteiger partial charge on any atom is -0.323 e. The van der Waals surface area contributed by atoms with Crippen molar-refractivity contribution in [2.24, 2.45) is 0 Å². The first-order chi connectivity index (χ1) is 19.6. The predicted molar refractivity (Wildman–Crippen MR) is 154 cm³/mol. The van der Waals surface area contributed by atoms with Gasteiger partial charge in [-0.1, -0.05) is 36.4 Å². The van der Waals surface area contributed by atoms with Crippen LogP contribution in [0.25, 0.3) is 27.6 Å². The van der Waals surface area contributed by atoms with Gasteiger partial charge in [0.25, 0.3) is 0 Å². The molecule has 2 aromatic heterocycles. The summed E-state index contributed by atoms with van der Waals surface area (Å²) in [6.45, 7) is 3.44. The molecule has 40 heavy (non-hydrogen) atoms. The molecule has 0 saturated carbocycles. The summed E-state index contributed by atoms with van der Waals surface area (Å²) < 4.78 is 31.7. The number of hydrogen-bond acceptors (Lipinski definition) is 3. The van der Waals surface area contributed by atoms with E-state index in [0.717, 1.165) is 65.8 Å². The summed E-state index contributed by atoms with van der Waals surface area (Å²) >= 11 is 0. The lowest BCUT2D eigenvalue weighted by Gasteiger charge is -2.32. The highest BCUT2D eigenvalue weighted by Gasteiger charge is 2.26. The fourth-order valence-electron chi connectivity index (χ4n) is 5.99. The van der Waals surface area contributed by atoms with Crippen LogP contribution < -0.4 is 0 Å². The molecule has 7 heteroatoms. The molecule has 0 unspecified atom stereocenters. The number of rotatable bonds is 6. The van der Waals surface area contributed by atoms with Gasteiger partial charge in [-0.3, -0.25) is 4.90 Å². The van der Waals surface area contributed by atoms with Crippen LogP contribution in [0.3, 0.4) is 0 Å². The van der Waals surface area contributed by atoms with E-state index < -0.39 is 0 Å². The van der Waals surface area contributed by atoms with E-state index >= 15 is 0 Å². The summed E-state index contributed by atoms with van der Waals surface area (Å²) in [6.07, 6.45) is 3.89. The Morgan fingerprint density at radius 3 is 2.33 bits per heavy atom. The second kappa shape index (κ2) is 10.3. The Morgan fingerprint density at radius 1 is 0.725 bits per heavy atom. The number of hydrogen-bond donors (Lipinski definition) is 0. The van der Waals surface area contributed by atoms with Crippen molar-refractivity contribution >= 4 is 21.9 Å². The molecular weight excluding hydrogens is 504 g/mol. The van der Waals surface area contributed by atoms with Gasteiger partial charge in [-0.2, -0.15) is 5.10 Å². The molecule has 7 rings (SSSR count).